The molecule has 0 aromatic rings. The van der Waals surface area contributed by atoms with Crippen LogP contribution in [0.3, 0.4) is 0 Å². The van der Waals surface area contributed by atoms with E-state index in [0.29, 0.717) is 60.2 Å². The van der Waals surface area contributed by atoms with Crippen LogP contribution in [0.2, 0.25) is 0 Å². The van der Waals surface area contributed by atoms with Crippen LogP contribution in [0.4, 0.5) is 0 Å². The molecule has 9 atom stereocenters. The first-order chi connectivity index (χ1) is 23.5. The molecule has 1 N–H and O–H groups in total. The molecule has 0 bridgehead atoms. The van der Waals surface area contributed by atoms with Gasteiger partial charge < -0.3 is 9.84 Å². The van der Waals surface area contributed by atoms with Gasteiger partial charge in [-0.05, 0) is 105 Å². The van der Waals surface area contributed by atoms with E-state index in [-0.39, 0.29) is 17.5 Å². The lowest BCUT2D eigenvalue weighted by Crippen LogP contribution is -2.53. The molecule has 0 aliphatic heterocycles. The van der Waals surface area contributed by atoms with Crippen LogP contribution in [-0.4, -0.2) is 23.3 Å². The van der Waals surface area contributed by atoms with Crippen LogP contribution < -0.4 is 0 Å². The van der Waals surface area contributed by atoms with Crippen molar-refractivity contribution in [2.45, 2.75) is 189 Å². The number of carbonyl (C=O) groups is 1. The van der Waals surface area contributed by atoms with Crippen molar-refractivity contribution in [3.8, 4) is 0 Å². The second-order valence-corrected chi connectivity index (χ2v) is 17.7. The van der Waals surface area contributed by atoms with Crippen LogP contribution in [0.15, 0.2) is 47.6 Å². The van der Waals surface area contributed by atoms with Crippen molar-refractivity contribution in [2.75, 3.05) is 0 Å². The van der Waals surface area contributed by atoms with Gasteiger partial charge in [0, 0.05) is 18.3 Å². The molecule has 278 valence electrons. The van der Waals surface area contributed by atoms with E-state index in [1.165, 1.54) is 95.5 Å². The summed E-state index contributed by atoms with van der Waals surface area (Å²) in [4.78, 5) is 13.3. The van der Waals surface area contributed by atoms with E-state index in [1.54, 1.807) is 5.57 Å². The minimum atomic E-state index is -0.433. The SMILES string of the molecule is CCCCCCCC/C=C\CCCCCCCC(=O)OC1C[C@@H](O)CC2=CC=C3[C@@H](CC[C@]4(C)[C@@H]([C@H](C)/C=C/[C@H](C)C(C)C)CC[C@@H]34)[C@@]21C. The number of unbranched alkanes of at least 4 members (excludes halogenated alkanes) is 11. The van der Waals surface area contributed by atoms with Crippen molar-refractivity contribution >= 4 is 5.97 Å². The Morgan fingerprint density at radius 2 is 1.51 bits per heavy atom. The van der Waals surface area contributed by atoms with Gasteiger partial charge in [-0.3, -0.25) is 4.79 Å². The average molecular weight is 677 g/mol. The van der Waals surface area contributed by atoms with E-state index in [9.17, 15) is 9.90 Å². The summed E-state index contributed by atoms with van der Waals surface area (Å²) >= 11 is 0. The highest BCUT2D eigenvalue weighted by Crippen LogP contribution is 2.66. The average Bonchev–Trinajstić information content (AvgIpc) is 3.43. The summed E-state index contributed by atoms with van der Waals surface area (Å²) in [7, 11) is 0. The van der Waals surface area contributed by atoms with Gasteiger partial charge in [0.2, 0.25) is 0 Å². The van der Waals surface area contributed by atoms with Crippen molar-refractivity contribution < 1.29 is 14.6 Å². The van der Waals surface area contributed by atoms with Gasteiger partial charge in [-0.25, -0.2) is 0 Å². The highest BCUT2D eigenvalue weighted by molar-refractivity contribution is 5.69. The minimum absolute atomic E-state index is 0.0637. The van der Waals surface area contributed by atoms with E-state index in [1.807, 2.05) is 0 Å². The van der Waals surface area contributed by atoms with Gasteiger partial charge in [0.05, 0.1) is 6.10 Å². The van der Waals surface area contributed by atoms with Crippen LogP contribution in [0, 0.1) is 46.3 Å². The number of hydrogen-bond acceptors (Lipinski definition) is 3. The first kappa shape index (κ1) is 40.2. The van der Waals surface area contributed by atoms with Crippen molar-refractivity contribution in [3.63, 3.8) is 0 Å². The Hall–Kier alpha value is -1.61. The zero-order valence-electron chi connectivity index (χ0n) is 33.0. The lowest BCUT2D eigenvalue weighted by Gasteiger charge is -2.57. The van der Waals surface area contributed by atoms with E-state index in [0.717, 1.165) is 19.3 Å². The van der Waals surface area contributed by atoms with E-state index >= 15 is 0 Å². The number of aliphatic hydroxyl groups is 1. The molecule has 49 heavy (non-hydrogen) atoms. The zero-order chi connectivity index (χ0) is 35.4. The molecular formula is C46H76O3. The van der Waals surface area contributed by atoms with E-state index in [2.05, 4.69) is 84.9 Å². The number of esters is 1. The van der Waals surface area contributed by atoms with E-state index in [4.69, 9.17) is 4.74 Å². The van der Waals surface area contributed by atoms with Crippen molar-refractivity contribution in [2.24, 2.45) is 46.3 Å². The fourth-order valence-corrected chi connectivity index (χ4v) is 10.4. The Bertz CT molecular complexity index is 1140. The molecule has 3 heteroatoms. The molecule has 0 radical (unpaired) electrons. The first-order valence-electron chi connectivity index (χ1n) is 21.1. The normalized spacial score (nSPS) is 32.5. The molecule has 3 saturated carbocycles. The number of carbonyl (C=O) groups excluding carboxylic acids is 1. The zero-order valence-corrected chi connectivity index (χ0v) is 33.0. The summed E-state index contributed by atoms with van der Waals surface area (Å²) in [5.74, 6) is 3.54. The largest absolute Gasteiger partial charge is 0.461 e. The maximum atomic E-state index is 13.3. The molecule has 0 heterocycles. The van der Waals surface area contributed by atoms with Gasteiger partial charge in [0.15, 0.2) is 0 Å². The molecule has 0 saturated heterocycles. The second kappa shape index (κ2) is 19.3. The van der Waals surface area contributed by atoms with E-state index < -0.39 is 6.10 Å². The van der Waals surface area contributed by atoms with Crippen molar-refractivity contribution in [3.05, 3.63) is 47.6 Å². The summed E-state index contributed by atoms with van der Waals surface area (Å²) in [5.41, 5.74) is 3.03. The molecule has 0 aromatic carbocycles. The maximum absolute atomic E-state index is 13.3. The molecule has 1 unspecified atom stereocenters. The van der Waals surface area contributed by atoms with Crippen LogP contribution in [0.5, 0.6) is 0 Å². The predicted octanol–water partition coefficient (Wildman–Crippen LogP) is 12.9. The third kappa shape index (κ3) is 10.3. The van der Waals surface area contributed by atoms with Gasteiger partial charge in [0.1, 0.15) is 6.10 Å². The topological polar surface area (TPSA) is 46.5 Å². The maximum Gasteiger partial charge on any atom is 0.306 e. The summed E-state index contributed by atoms with van der Waals surface area (Å²) in [6.45, 7) is 16.7. The van der Waals surface area contributed by atoms with Crippen molar-refractivity contribution in [1.82, 2.24) is 0 Å². The second-order valence-electron chi connectivity index (χ2n) is 17.7. The number of rotatable bonds is 20. The minimum Gasteiger partial charge on any atom is -0.461 e. The summed E-state index contributed by atoms with van der Waals surface area (Å²) in [6.07, 6.45) is 36.9. The Kier molecular flexibility index (Phi) is 15.8. The Labute approximate surface area is 302 Å². The summed E-state index contributed by atoms with van der Waals surface area (Å²) in [5, 5.41) is 10.9. The molecule has 0 amide bonds. The molecule has 4 aliphatic carbocycles. The van der Waals surface area contributed by atoms with Crippen LogP contribution in [-0.2, 0) is 9.53 Å². The smallest absolute Gasteiger partial charge is 0.306 e. The molecule has 0 aromatic heterocycles. The number of aliphatic hydroxyl groups excluding tert-OH is 1. The number of fused-ring (bicyclic) bond motifs is 5. The summed E-state index contributed by atoms with van der Waals surface area (Å²) < 4.78 is 6.39. The molecular weight excluding hydrogens is 601 g/mol. The highest BCUT2D eigenvalue weighted by Gasteiger charge is 2.59. The van der Waals surface area contributed by atoms with Gasteiger partial charge >= 0.3 is 5.97 Å². The highest BCUT2D eigenvalue weighted by atomic mass is 16.5. The number of allylic oxidation sites excluding steroid dienone is 7. The van der Waals surface area contributed by atoms with Gasteiger partial charge in [-0.15, -0.1) is 0 Å². The molecule has 3 nitrogen and oxygen atoms in total. The standard InChI is InChI=1S/C46H76O3/c1-8-9-10-11-12-13-14-15-16-17-18-19-20-21-22-23-44(48)49-43-33-38(47)32-37-26-27-39-41-29-28-40(36(5)25-24-35(4)34(2)3)45(41,6)31-30-42(39)46(37,43)7/h15-16,24-27,34-36,38,40-43,47H,8-14,17-23,28-33H2,1-7H3/b16-15-,25-24+/t35-,36+,38-,40+,41-,42+,43?,45+,46+/m0/s1. The molecule has 4 aliphatic rings. The fraction of sp³-hybridized carbons (Fsp3) is 0.804. The van der Waals surface area contributed by atoms with Crippen LogP contribution in [0.25, 0.3) is 0 Å². The Balaban J connectivity index is 1.24. The third-order valence-electron chi connectivity index (χ3n) is 14.0. The molecule has 4 rings (SSSR count). The molecule has 0 spiro atoms. The monoisotopic (exact) mass is 677 g/mol. The lowest BCUT2D eigenvalue weighted by molar-refractivity contribution is -0.162. The lowest BCUT2D eigenvalue weighted by atomic mass is 9.49. The fourth-order valence-electron chi connectivity index (χ4n) is 10.4. The van der Waals surface area contributed by atoms with Gasteiger partial charge in [0.25, 0.3) is 0 Å². The van der Waals surface area contributed by atoms with Gasteiger partial charge in [-0.1, -0.05) is 147 Å². The number of hydrogen-bond donors (Lipinski definition) is 1. The predicted molar refractivity (Wildman–Crippen MR) is 208 cm³/mol. The van der Waals surface area contributed by atoms with Crippen LogP contribution >= 0.6 is 0 Å². The van der Waals surface area contributed by atoms with Crippen LogP contribution in [0.1, 0.15) is 177 Å². The molecule has 3 fully saturated rings. The first-order valence-corrected chi connectivity index (χ1v) is 21.1. The summed E-state index contributed by atoms with van der Waals surface area (Å²) in [6, 6.07) is 0. The third-order valence-corrected chi connectivity index (χ3v) is 14.0. The van der Waals surface area contributed by atoms with Crippen molar-refractivity contribution in [1.29, 1.82) is 0 Å². The van der Waals surface area contributed by atoms with Gasteiger partial charge in [-0.2, -0.15) is 0 Å². The Morgan fingerprint density at radius 3 is 2.18 bits per heavy atom. The Morgan fingerprint density at radius 1 is 0.857 bits per heavy atom. The number of ether oxygens (including phenoxy) is 1. The quantitative estimate of drug-likeness (QED) is 0.0793.